The van der Waals surface area contributed by atoms with Gasteiger partial charge in [0.2, 0.25) is 0 Å². The van der Waals surface area contributed by atoms with Gasteiger partial charge >= 0.3 is 0 Å². The molecular weight excluding hydrogens is 358 g/mol. The predicted octanol–water partition coefficient (Wildman–Crippen LogP) is 1.91. The molecule has 2 N–H and O–H groups in total. The van der Waals surface area contributed by atoms with Gasteiger partial charge in [-0.15, -0.1) is 0 Å². The summed E-state index contributed by atoms with van der Waals surface area (Å²) in [7, 11) is 3.65. The van der Waals surface area contributed by atoms with Crippen molar-refractivity contribution in [2.24, 2.45) is 0 Å². The normalized spacial score (nSPS) is 54.2. The molecule has 28 heavy (non-hydrogen) atoms. The van der Waals surface area contributed by atoms with Gasteiger partial charge in [0.1, 0.15) is 29.9 Å². The van der Waals surface area contributed by atoms with E-state index >= 15 is 0 Å². The maximum atomic E-state index is 6.56. The first-order valence-electron chi connectivity index (χ1n) is 11.2. The molecule has 0 aromatic heterocycles. The van der Waals surface area contributed by atoms with Crippen molar-refractivity contribution >= 4 is 0 Å². The van der Waals surface area contributed by atoms with Crippen LogP contribution >= 0.6 is 0 Å². The number of nitrogens with one attached hydrogen (secondary N) is 2. The van der Waals surface area contributed by atoms with Crippen LogP contribution in [0, 0.1) is 0 Å². The number of hydrogen-bond donors (Lipinski definition) is 2. The van der Waals surface area contributed by atoms with Gasteiger partial charge in [-0.25, -0.2) is 0 Å². The van der Waals surface area contributed by atoms with Gasteiger partial charge in [-0.1, -0.05) is 0 Å². The first-order valence-corrected chi connectivity index (χ1v) is 11.2. The van der Waals surface area contributed by atoms with Gasteiger partial charge < -0.3 is 18.9 Å². The smallest absolute Gasteiger partial charge is 0.123 e. The van der Waals surface area contributed by atoms with Crippen molar-refractivity contribution in [1.29, 1.82) is 0 Å². The Labute approximate surface area is 168 Å². The Morgan fingerprint density at radius 3 is 1.68 bits per heavy atom. The molecule has 7 heteroatoms. The van der Waals surface area contributed by atoms with E-state index in [9.17, 15) is 0 Å². The Hall–Kier alpha value is -0.280. The number of ether oxygens (including phenoxy) is 4. The Morgan fingerprint density at radius 1 is 0.821 bits per heavy atom. The zero-order valence-electron chi connectivity index (χ0n) is 17.8. The molecule has 5 saturated heterocycles. The Kier molecular flexibility index (Phi) is 5.02. The third-order valence-corrected chi connectivity index (χ3v) is 7.80. The molecule has 0 saturated carbocycles. The fourth-order valence-corrected chi connectivity index (χ4v) is 6.78. The van der Waals surface area contributed by atoms with Crippen LogP contribution in [-0.4, -0.2) is 73.4 Å². The highest BCUT2D eigenvalue weighted by atomic mass is 16.5. The maximum Gasteiger partial charge on any atom is 0.123 e. The second kappa shape index (κ2) is 7.15. The second-order valence-electron chi connectivity index (χ2n) is 9.71. The molecule has 0 aromatic rings. The van der Waals surface area contributed by atoms with Gasteiger partial charge in [0, 0.05) is 39.1 Å². The summed E-state index contributed by atoms with van der Waals surface area (Å²) in [5.41, 5.74) is -0.585. The van der Waals surface area contributed by atoms with Crippen LogP contribution in [0.1, 0.15) is 65.2 Å². The van der Waals surface area contributed by atoms with Crippen LogP contribution in [0.25, 0.3) is 0 Å². The van der Waals surface area contributed by atoms with Crippen LogP contribution < -0.4 is 10.6 Å². The SMILES string of the molecule is CO[C@@H]1[C@@H](OC)[C@@H]2C[C@]3(CCC[C@H](C)O3)NC3N[C@@]4(CCC[C@H](C)O4)C[C@H]1N32. The fourth-order valence-electron chi connectivity index (χ4n) is 6.78. The summed E-state index contributed by atoms with van der Waals surface area (Å²) in [6, 6.07) is 0.560. The van der Waals surface area contributed by atoms with Crippen molar-refractivity contribution in [2.45, 2.75) is 119 Å². The van der Waals surface area contributed by atoms with Crippen LogP contribution in [0.5, 0.6) is 0 Å². The van der Waals surface area contributed by atoms with E-state index in [1.54, 1.807) is 0 Å². The summed E-state index contributed by atoms with van der Waals surface area (Å²) in [5, 5.41) is 7.76. The third kappa shape index (κ3) is 3.06. The lowest BCUT2D eigenvalue weighted by molar-refractivity contribution is -0.244. The molecule has 0 amide bonds. The van der Waals surface area contributed by atoms with Gasteiger partial charge in [-0.3, -0.25) is 15.5 Å². The highest BCUT2D eigenvalue weighted by molar-refractivity contribution is 5.14. The maximum absolute atomic E-state index is 6.56. The predicted molar refractivity (Wildman–Crippen MR) is 105 cm³/mol. The van der Waals surface area contributed by atoms with E-state index < -0.39 is 0 Å². The lowest BCUT2D eigenvalue weighted by atomic mass is 9.87. The molecule has 0 aliphatic carbocycles. The molecule has 160 valence electrons. The molecule has 7 nitrogen and oxygen atoms in total. The third-order valence-electron chi connectivity index (χ3n) is 7.80. The van der Waals surface area contributed by atoms with Crippen LogP contribution in [-0.2, 0) is 18.9 Å². The monoisotopic (exact) mass is 395 g/mol. The van der Waals surface area contributed by atoms with Gasteiger partial charge in [0.15, 0.2) is 0 Å². The molecule has 1 unspecified atom stereocenters. The number of hydrogen-bond acceptors (Lipinski definition) is 7. The number of methoxy groups -OCH3 is 2. The van der Waals surface area contributed by atoms with Gasteiger partial charge in [0.05, 0.1) is 12.2 Å². The topological polar surface area (TPSA) is 64.2 Å². The van der Waals surface area contributed by atoms with Crippen molar-refractivity contribution in [3.63, 3.8) is 0 Å². The molecule has 5 fully saturated rings. The van der Waals surface area contributed by atoms with E-state index in [1.807, 2.05) is 14.2 Å². The first-order chi connectivity index (χ1) is 13.5. The Bertz CT molecular complexity index is 546. The molecule has 5 heterocycles. The molecule has 0 aromatic carbocycles. The molecule has 5 rings (SSSR count). The zero-order chi connectivity index (χ0) is 19.5. The van der Waals surface area contributed by atoms with E-state index in [0.717, 1.165) is 38.5 Å². The second-order valence-corrected chi connectivity index (χ2v) is 9.71. The average molecular weight is 396 g/mol. The highest BCUT2D eigenvalue weighted by Crippen LogP contribution is 2.48. The molecule has 5 aliphatic heterocycles. The standard InChI is InChI=1S/C21H37N3O4/c1-13-7-5-9-20(27-13)11-15-17(25-3)18(26-4)16-12-21(10-6-8-14(2)28-21)23-19(22-20)24(15)16/h13-19,22-23H,5-12H2,1-4H3/t13-,14-,15-,16+,17-,18-,19?,20+,21+/m0/s1. The largest absolute Gasteiger partial charge is 0.377 e. The molecule has 9 atom stereocenters. The van der Waals surface area contributed by atoms with Gasteiger partial charge in [0.25, 0.3) is 0 Å². The molecule has 0 radical (unpaired) electrons. The van der Waals surface area contributed by atoms with E-state index in [4.69, 9.17) is 18.9 Å². The van der Waals surface area contributed by atoms with E-state index in [2.05, 4.69) is 29.4 Å². The van der Waals surface area contributed by atoms with Crippen LogP contribution in [0.3, 0.4) is 0 Å². The zero-order valence-corrected chi connectivity index (χ0v) is 17.8. The van der Waals surface area contributed by atoms with Gasteiger partial charge in [-0.05, 0) is 52.4 Å². The molecule has 5 aliphatic rings. The number of rotatable bonds is 2. The fraction of sp³-hybridized carbons (Fsp3) is 1.00. The average Bonchev–Trinajstić information content (AvgIpc) is 2.93. The van der Waals surface area contributed by atoms with Crippen LogP contribution in [0.2, 0.25) is 0 Å². The lowest BCUT2D eigenvalue weighted by Gasteiger charge is -2.59. The molecular formula is C21H37N3O4. The summed E-state index contributed by atoms with van der Waals surface area (Å²) < 4.78 is 25.2. The summed E-state index contributed by atoms with van der Waals surface area (Å²) >= 11 is 0. The summed E-state index contributed by atoms with van der Waals surface area (Å²) in [6.07, 6.45) is 9.32. The quantitative estimate of drug-likeness (QED) is 0.740. The Morgan fingerprint density at radius 2 is 1.29 bits per heavy atom. The highest BCUT2D eigenvalue weighted by Gasteiger charge is 2.63. The minimum absolute atomic E-state index is 0.0194. The molecule has 0 bridgehead atoms. The summed E-state index contributed by atoms with van der Waals surface area (Å²) in [4.78, 5) is 2.56. The van der Waals surface area contributed by atoms with Crippen molar-refractivity contribution in [3.8, 4) is 0 Å². The summed E-state index contributed by atoms with van der Waals surface area (Å²) in [5.74, 6) is 0. The van der Waals surface area contributed by atoms with Crippen molar-refractivity contribution in [1.82, 2.24) is 15.5 Å². The minimum atomic E-state index is -0.292. The van der Waals surface area contributed by atoms with Crippen LogP contribution in [0.15, 0.2) is 0 Å². The molecule has 2 spiro atoms. The van der Waals surface area contributed by atoms with Crippen molar-refractivity contribution in [2.75, 3.05) is 14.2 Å². The minimum Gasteiger partial charge on any atom is -0.377 e. The van der Waals surface area contributed by atoms with Gasteiger partial charge in [-0.2, -0.15) is 0 Å². The van der Waals surface area contributed by atoms with Crippen molar-refractivity contribution < 1.29 is 18.9 Å². The lowest BCUT2D eigenvalue weighted by Crippen LogP contribution is -2.79. The van der Waals surface area contributed by atoms with E-state index in [-0.39, 0.29) is 54.2 Å². The van der Waals surface area contributed by atoms with Crippen LogP contribution in [0.4, 0.5) is 0 Å². The van der Waals surface area contributed by atoms with E-state index in [1.165, 1.54) is 12.8 Å². The first kappa shape index (κ1) is 19.7. The van der Waals surface area contributed by atoms with E-state index in [0.29, 0.717) is 0 Å². The Balaban J connectivity index is 1.50. The number of nitrogens with zero attached hydrogens (tertiary/aromatic N) is 1. The van der Waals surface area contributed by atoms with Crippen molar-refractivity contribution in [3.05, 3.63) is 0 Å². The summed E-state index contributed by atoms with van der Waals surface area (Å²) in [6.45, 7) is 4.39.